The third kappa shape index (κ3) is 2.97. The molecule has 1 aromatic heterocycles. The number of pyridine rings is 1. The Bertz CT molecular complexity index is 653. The Hall–Kier alpha value is -2.56. The number of aryl methyl sites for hydroxylation is 2. The van der Waals surface area contributed by atoms with Gasteiger partial charge in [-0.3, -0.25) is 0 Å². The molecule has 1 aromatic carbocycles. The summed E-state index contributed by atoms with van der Waals surface area (Å²) in [5.41, 5.74) is 9.36. The molecule has 0 aliphatic heterocycles. The molecule has 0 aliphatic rings. The molecule has 1 heterocycles. The molecule has 0 saturated heterocycles. The number of amidine groups is 1. The smallest absolute Gasteiger partial charge is 0.174 e. The fourth-order valence-corrected chi connectivity index (χ4v) is 2.44. The summed E-state index contributed by atoms with van der Waals surface area (Å²) in [5, 5.41) is 12.2. The van der Waals surface area contributed by atoms with E-state index in [1.54, 1.807) is 0 Å². The maximum absolute atomic E-state index is 9.05. The normalized spacial score (nSPS) is 11.5. The molecule has 0 radical (unpaired) electrons. The maximum atomic E-state index is 9.05. The summed E-state index contributed by atoms with van der Waals surface area (Å²) >= 11 is 0. The molecule has 21 heavy (non-hydrogen) atoms. The van der Waals surface area contributed by atoms with Gasteiger partial charge in [-0.15, -0.1) is 0 Å². The fraction of sp³-hybridized carbons (Fsp3) is 0.250. The summed E-state index contributed by atoms with van der Waals surface area (Å²) in [6, 6.07) is 11.9. The number of aromatic nitrogens is 1. The molecule has 0 saturated carbocycles. The third-order valence-corrected chi connectivity index (χ3v) is 3.33. The largest absolute Gasteiger partial charge is 0.409 e. The molecule has 5 nitrogen and oxygen atoms in total. The average Bonchev–Trinajstić information content (AvgIpc) is 2.48. The van der Waals surface area contributed by atoms with Crippen LogP contribution in [0.25, 0.3) is 0 Å². The highest BCUT2D eigenvalue weighted by Crippen LogP contribution is 2.28. The molecule has 2 aromatic rings. The van der Waals surface area contributed by atoms with Gasteiger partial charge in [0.05, 0.1) is 5.56 Å². The van der Waals surface area contributed by atoms with Crippen LogP contribution in [0.2, 0.25) is 0 Å². The summed E-state index contributed by atoms with van der Waals surface area (Å²) < 4.78 is 0. The summed E-state index contributed by atoms with van der Waals surface area (Å²) in [6.07, 6.45) is 0. The molecule has 0 unspecified atom stereocenters. The Morgan fingerprint density at radius 1 is 1.29 bits per heavy atom. The summed E-state index contributed by atoms with van der Waals surface area (Å²) in [7, 11) is 0. The minimum Gasteiger partial charge on any atom is -0.409 e. The second-order valence-corrected chi connectivity index (χ2v) is 4.84. The first kappa shape index (κ1) is 14.8. The van der Waals surface area contributed by atoms with E-state index in [-0.39, 0.29) is 5.84 Å². The lowest BCUT2D eigenvalue weighted by atomic mass is 10.1. The third-order valence-electron chi connectivity index (χ3n) is 3.33. The highest BCUT2D eigenvalue weighted by Gasteiger charge is 2.19. The van der Waals surface area contributed by atoms with Crippen LogP contribution in [0, 0.1) is 13.8 Å². The lowest BCUT2D eigenvalue weighted by Gasteiger charge is -2.25. The van der Waals surface area contributed by atoms with Gasteiger partial charge in [0.2, 0.25) is 0 Å². The fourth-order valence-electron chi connectivity index (χ4n) is 2.44. The van der Waals surface area contributed by atoms with Gasteiger partial charge in [-0.25, -0.2) is 4.98 Å². The van der Waals surface area contributed by atoms with Gasteiger partial charge in [-0.1, -0.05) is 23.4 Å². The Balaban J connectivity index is 2.66. The second-order valence-electron chi connectivity index (χ2n) is 4.84. The van der Waals surface area contributed by atoms with Gasteiger partial charge in [0.25, 0.3) is 0 Å². The SMILES string of the molecule is CCN(c1ccccc1)c1nc(C)cc(C)c1C(N)=NO. The number of benzene rings is 1. The molecule has 0 bridgehead atoms. The van der Waals surface area contributed by atoms with E-state index in [1.165, 1.54) is 0 Å². The highest BCUT2D eigenvalue weighted by atomic mass is 16.4. The van der Waals surface area contributed by atoms with Crippen LogP contribution >= 0.6 is 0 Å². The molecular weight excluding hydrogens is 264 g/mol. The van der Waals surface area contributed by atoms with E-state index in [1.807, 2.05) is 62.1 Å². The van der Waals surface area contributed by atoms with E-state index in [0.29, 0.717) is 11.4 Å². The minimum atomic E-state index is 0.0735. The molecule has 2 rings (SSSR count). The Labute approximate surface area is 124 Å². The van der Waals surface area contributed by atoms with E-state index in [0.717, 1.165) is 23.5 Å². The van der Waals surface area contributed by atoms with Gasteiger partial charge >= 0.3 is 0 Å². The van der Waals surface area contributed by atoms with Crippen molar-refractivity contribution in [2.75, 3.05) is 11.4 Å². The van der Waals surface area contributed by atoms with Gasteiger partial charge in [-0.05, 0) is 44.5 Å². The lowest BCUT2D eigenvalue weighted by molar-refractivity contribution is 0.318. The van der Waals surface area contributed by atoms with Crippen molar-refractivity contribution < 1.29 is 5.21 Å². The molecule has 0 atom stereocenters. The maximum Gasteiger partial charge on any atom is 0.174 e. The number of nitrogens with zero attached hydrogens (tertiary/aromatic N) is 3. The first-order chi connectivity index (χ1) is 10.1. The van der Waals surface area contributed by atoms with Gasteiger partial charge in [-0.2, -0.15) is 0 Å². The topological polar surface area (TPSA) is 74.7 Å². The number of anilines is 2. The Kier molecular flexibility index (Phi) is 4.42. The van der Waals surface area contributed by atoms with Crippen molar-refractivity contribution in [3.8, 4) is 0 Å². The van der Waals surface area contributed by atoms with Gasteiger partial charge in [0.1, 0.15) is 5.82 Å². The number of hydrogen-bond acceptors (Lipinski definition) is 4. The van der Waals surface area contributed by atoms with Gasteiger partial charge in [0, 0.05) is 17.9 Å². The molecule has 0 amide bonds. The zero-order chi connectivity index (χ0) is 15.4. The van der Waals surface area contributed by atoms with Crippen molar-refractivity contribution in [2.24, 2.45) is 10.9 Å². The summed E-state index contributed by atoms with van der Waals surface area (Å²) in [4.78, 5) is 6.65. The first-order valence-corrected chi connectivity index (χ1v) is 6.87. The number of oxime groups is 1. The molecule has 0 fully saturated rings. The average molecular weight is 284 g/mol. The molecule has 0 aliphatic carbocycles. The number of hydrogen-bond donors (Lipinski definition) is 2. The second kappa shape index (κ2) is 6.26. The van der Waals surface area contributed by atoms with Crippen molar-refractivity contribution in [3.63, 3.8) is 0 Å². The van der Waals surface area contributed by atoms with Crippen LogP contribution in [0.1, 0.15) is 23.7 Å². The zero-order valence-corrected chi connectivity index (χ0v) is 12.5. The van der Waals surface area contributed by atoms with E-state index in [9.17, 15) is 0 Å². The van der Waals surface area contributed by atoms with Crippen molar-refractivity contribution in [1.29, 1.82) is 0 Å². The van der Waals surface area contributed by atoms with Crippen LogP contribution in [-0.2, 0) is 0 Å². The van der Waals surface area contributed by atoms with Crippen LogP contribution in [0.4, 0.5) is 11.5 Å². The number of nitrogens with two attached hydrogens (primary N) is 1. The highest BCUT2D eigenvalue weighted by molar-refractivity contribution is 6.03. The first-order valence-electron chi connectivity index (χ1n) is 6.87. The predicted octanol–water partition coefficient (Wildman–Crippen LogP) is 2.95. The number of para-hydroxylation sites is 1. The van der Waals surface area contributed by atoms with E-state index >= 15 is 0 Å². The molecular formula is C16H20N4O. The standard InChI is InChI=1S/C16H20N4O/c1-4-20(13-8-6-5-7-9-13)16-14(15(17)19-21)11(2)10-12(3)18-16/h5-10,21H,4H2,1-3H3,(H2,17,19). The number of rotatable bonds is 4. The van der Waals surface area contributed by atoms with Crippen LogP contribution in [0.3, 0.4) is 0 Å². The van der Waals surface area contributed by atoms with Crippen LogP contribution in [-0.4, -0.2) is 22.6 Å². The zero-order valence-electron chi connectivity index (χ0n) is 12.5. The van der Waals surface area contributed by atoms with Crippen LogP contribution in [0.15, 0.2) is 41.6 Å². The predicted molar refractivity (Wildman–Crippen MR) is 85.3 cm³/mol. The summed E-state index contributed by atoms with van der Waals surface area (Å²) in [6.45, 7) is 6.64. The van der Waals surface area contributed by atoms with Gasteiger partial charge in [0.15, 0.2) is 5.84 Å². The van der Waals surface area contributed by atoms with E-state index in [2.05, 4.69) is 10.1 Å². The van der Waals surface area contributed by atoms with E-state index in [4.69, 9.17) is 10.9 Å². The monoisotopic (exact) mass is 284 g/mol. The molecule has 0 spiro atoms. The van der Waals surface area contributed by atoms with Crippen molar-refractivity contribution in [2.45, 2.75) is 20.8 Å². The molecule has 5 heteroatoms. The quantitative estimate of drug-likeness (QED) is 0.392. The van der Waals surface area contributed by atoms with Crippen molar-refractivity contribution in [1.82, 2.24) is 4.98 Å². The Morgan fingerprint density at radius 2 is 1.95 bits per heavy atom. The molecule has 110 valence electrons. The van der Waals surface area contributed by atoms with Crippen molar-refractivity contribution >= 4 is 17.3 Å². The Morgan fingerprint density at radius 3 is 2.52 bits per heavy atom. The van der Waals surface area contributed by atoms with Gasteiger partial charge < -0.3 is 15.8 Å². The lowest BCUT2D eigenvalue weighted by Crippen LogP contribution is -2.25. The minimum absolute atomic E-state index is 0.0735. The van der Waals surface area contributed by atoms with Crippen LogP contribution < -0.4 is 10.6 Å². The molecule has 3 N–H and O–H groups in total. The van der Waals surface area contributed by atoms with Crippen LogP contribution in [0.5, 0.6) is 0 Å². The van der Waals surface area contributed by atoms with E-state index < -0.39 is 0 Å². The summed E-state index contributed by atoms with van der Waals surface area (Å²) in [5.74, 6) is 0.779. The van der Waals surface area contributed by atoms with Crippen molar-refractivity contribution in [3.05, 3.63) is 53.2 Å².